The molecule has 0 aromatic heterocycles. The number of nitrogens with two attached hydrogens (primary N) is 1. The lowest BCUT2D eigenvalue weighted by molar-refractivity contribution is 0.126. The van der Waals surface area contributed by atoms with E-state index in [9.17, 15) is 4.39 Å². The standard InChI is InChI=1S/C14H20BrFN2/c1-10-5-6-18(9-12(10)7-17)8-11-3-2-4-13(16)14(11)15/h2-4,10,12H,5-9,17H2,1H3. The lowest BCUT2D eigenvalue weighted by Gasteiger charge is -2.36. The second kappa shape index (κ2) is 6.13. The summed E-state index contributed by atoms with van der Waals surface area (Å²) in [6.45, 7) is 5.89. The summed E-state index contributed by atoms with van der Waals surface area (Å²) in [4.78, 5) is 2.37. The molecule has 18 heavy (non-hydrogen) atoms. The summed E-state index contributed by atoms with van der Waals surface area (Å²) in [6.07, 6.45) is 1.18. The molecule has 4 heteroatoms. The molecule has 0 saturated carbocycles. The first kappa shape index (κ1) is 14.0. The Balaban J connectivity index is 2.03. The van der Waals surface area contributed by atoms with Gasteiger partial charge in [-0.1, -0.05) is 19.1 Å². The summed E-state index contributed by atoms with van der Waals surface area (Å²) >= 11 is 3.32. The Labute approximate surface area is 116 Å². The Bertz CT molecular complexity index is 411. The fraction of sp³-hybridized carbons (Fsp3) is 0.571. The summed E-state index contributed by atoms with van der Waals surface area (Å²) < 4.78 is 14.0. The first-order chi connectivity index (χ1) is 8.61. The van der Waals surface area contributed by atoms with Crippen LogP contribution in [0, 0.1) is 17.7 Å². The number of nitrogens with zero attached hydrogens (tertiary/aromatic N) is 1. The molecule has 1 fully saturated rings. The molecule has 1 heterocycles. The van der Waals surface area contributed by atoms with Gasteiger partial charge in [0.15, 0.2) is 0 Å². The molecule has 1 aliphatic heterocycles. The van der Waals surface area contributed by atoms with E-state index in [2.05, 4.69) is 27.8 Å². The Hall–Kier alpha value is -0.450. The molecule has 2 unspecified atom stereocenters. The number of halogens is 2. The average Bonchev–Trinajstić information content (AvgIpc) is 2.37. The molecule has 0 bridgehead atoms. The van der Waals surface area contributed by atoms with E-state index in [1.165, 1.54) is 12.5 Å². The highest BCUT2D eigenvalue weighted by atomic mass is 79.9. The van der Waals surface area contributed by atoms with Crippen LogP contribution in [0.1, 0.15) is 18.9 Å². The quantitative estimate of drug-likeness (QED) is 0.929. The molecule has 1 saturated heterocycles. The fourth-order valence-corrected chi connectivity index (χ4v) is 2.98. The summed E-state index contributed by atoms with van der Waals surface area (Å²) in [6, 6.07) is 5.22. The van der Waals surface area contributed by atoms with E-state index in [4.69, 9.17) is 5.73 Å². The molecule has 0 spiro atoms. The normalized spacial score (nSPS) is 25.3. The van der Waals surface area contributed by atoms with Gasteiger partial charge in [-0.3, -0.25) is 4.90 Å². The molecular weight excluding hydrogens is 295 g/mol. The molecule has 0 aliphatic carbocycles. The molecular formula is C14H20BrFN2. The fourth-order valence-electron chi connectivity index (χ4n) is 2.59. The van der Waals surface area contributed by atoms with Gasteiger partial charge in [0.25, 0.3) is 0 Å². The van der Waals surface area contributed by atoms with Crippen molar-refractivity contribution < 1.29 is 4.39 Å². The third-order valence-electron chi connectivity index (χ3n) is 3.93. The van der Waals surface area contributed by atoms with Gasteiger partial charge in [0.05, 0.1) is 4.47 Å². The molecule has 2 atom stereocenters. The number of benzene rings is 1. The average molecular weight is 315 g/mol. The highest BCUT2D eigenvalue weighted by Gasteiger charge is 2.25. The van der Waals surface area contributed by atoms with Crippen LogP contribution in [0.15, 0.2) is 22.7 Å². The molecule has 2 nitrogen and oxygen atoms in total. The van der Waals surface area contributed by atoms with Crippen molar-refractivity contribution in [1.29, 1.82) is 0 Å². The van der Waals surface area contributed by atoms with E-state index in [0.717, 1.165) is 31.7 Å². The van der Waals surface area contributed by atoms with Crippen molar-refractivity contribution in [2.24, 2.45) is 17.6 Å². The van der Waals surface area contributed by atoms with Crippen LogP contribution in [-0.2, 0) is 6.54 Å². The van der Waals surface area contributed by atoms with Crippen LogP contribution in [-0.4, -0.2) is 24.5 Å². The van der Waals surface area contributed by atoms with Gasteiger partial charge in [0.2, 0.25) is 0 Å². The van der Waals surface area contributed by atoms with Crippen LogP contribution in [0.3, 0.4) is 0 Å². The summed E-state index contributed by atoms with van der Waals surface area (Å²) in [5.74, 6) is 1.07. The van der Waals surface area contributed by atoms with Crippen LogP contribution >= 0.6 is 15.9 Å². The highest BCUT2D eigenvalue weighted by Crippen LogP contribution is 2.26. The van der Waals surface area contributed by atoms with Crippen LogP contribution in [0.2, 0.25) is 0 Å². The minimum atomic E-state index is -0.187. The molecule has 1 aromatic carbocycles. The Kier molecular flexibility index (Phi) is 4.76. The summed E-state index contributed by atoms with van der Waals surface area (Å²) in [7, 11) is 0. The van der Waals surface area contributed by atoms with Gasteiger partial charge in [-0.15, -0.1) is 0 Å². The highest BCUT2D eigenvalue weighted by molar-refractivity contribution is 9.10. The van der Waals surface area contributed by atoms with E-state index in [-0.39, 0.29) is 5.82 Å². The second-order valence-corrected chi connectivity index (χ2v) is 6.00. The van der Waals surface area contributed by atoms with Gasteiger partial charge < -0.3 is 5.73 Å². The molecule has 1 aliphatic rings. The van der Waals surface area contributed by atoms with Crippen molar-refractivity contribution in [2.75, 3.05) is 19.6 Å². The third-order valence-corrected chi connectivity index (χ3v) is 4.81. The van der Waals surface area contributed by atoms with E-state index < -0.39 is 0 Å². The van der Waals surface area contributed by atoms with Crippen LogP contribution in [0.5, 0.6) is 0 Å². The van der Waals surface area contributed by atoms with E-state index in [1.807, 2.05) is 6.07 Å². The third kappa shape index (κ3) is 3.11. The topological polar surface area (TPSA) is 29.3 Å². The molecule has 1 aromatic rings. The maximum atomic E-state index is 13.5. The lowest BCUT2D eigenvalue weighted by atomic mass is 9.87. The molecule has 2 N–H and O–H groups in total. The molecule has 2 rings (SSSR count). The largest absolute Gasteiger partial charge is 0.330 e. The van der Waals surface area contributed by atoms with Crippen LogP contribution < -0.4 is 5.73 Å². The Morgan fingerprint density at radius 1 is 1.50 bits per heavy atom. The number of likely N-dealkylation sites (tertiary alicyclic amines) is 1. The maximum absolute atomic E-state index is 13.5. The minimum absolute atomic E-state index is 0.187. The van der Waals surface area contributed by atoms with Gasteiger partial charge in [0, 0.05) is 13.1 Å². The van der Waals surface area contributed by atoms with Crippen molar-refractivity contribution in [3.05, 3.63) is 34.1 Å². The zero-order valence-corrected chi connectivity index (χ0v) is 12.3. The van der Waals surface area contributed by atoms with Crippen molar-refractivity contribution in [3.63, 3.8) is 0 Å². The maximum Gasteiger partial charge on any atom is 0.137 e. The van der Waals surface area contributed by atoms with E-state index in [0.29, 0.717) is 16.3 Å². The van der Waals surface area contributed by atoms with Crippen molar-refractivity contribution in [2.45, 2.75) is 19.9 Å². The van der Waals surface area contributed by atoms with E-state index >= 15 is 0 Å². The number of hydrogen-bond acceptors (Lipinski definition) is 2. The molecule has 100 valence electrons. The van der Waals surface area contributed by atoms with Crippen LogP contribution in [0.4, 0.5) is 4.39 Å². The number of piperidine rings is 1. The minimum Gasteiger partial charge on any atom is -0.330 e. The SMILES string of the molecule is CC1CCN(Cc2cccc(F)c2Br)CC1CN. The number of hydrogen-bond donors (Lipinski definition) is 1. The van der Waals surface area contributed by atoms with Gasteiger partial charge in [-0.2, -0.15) is 0 Å². The lowest BCUT2D eigenvalue weighted by Crippen LogP contribution is -2.42. The monoisotopic (exact) mass is 314 g/mol. The summed E-state index contributed by atoms with van der Waals surface area (Å²) in [5, 5.41) is 0. The van der Waals surface area contributed by atoms with Crippen molar-refractivity contribution in [3.8, 4) is 0 Å². The zero-order chi connectivity index (χ0) is 13.1. The number of rotatable bonds is 3. The first-order valence-electron chi connectivity index (χ1n) is 6.47. The Morgan fingerprint density at radius 2 is 2.28 bits per heavy atom. The van der Waals surface area contributed by atoms with Crippen molar-refractivity contribution >= 4 is 15.9 Å². The summed E-state index contributed by atoms with van der Waals surface area (Å²) in [5.41, 5.74) is 6.82. The van der Waals surface area contributed by atoms with E-state index in [1.54, 1.807) is 6.07 Å². The smallest absolute Gasteiger partial charge is 0.137 e. The zero-order valence-electron chi connectivity index (χ0n) is 10.7. The second-order valence-electron chi connectivity index (χ2n) is 5.21. The van der Waals surface area contributed by atoms with Crippen LogP contribution in [0.25, 0.3) is 0 Å². The van der Waals surface area contributed by atoms with Gasteiger partial charge in [-0.05, 0) is 58.9 Å². The molecule has 0 amide bonds. The first-order valence-corrected chi connectivity index (χ1v) is 7.26. The van der Waals surface area contributed by atoms with Gasteiger partial charge in [-0.25, -0.2) is 4.39 Å². The van der Waals surface area contributed by atoms with Gasteiger partial charge in [0.1, 0.15) is 5.82 Å². The molecule has 0 radical (unpaired) electrons. The predicted octanol–water partition coefficient (Wildman–Crippen LogP) is 3.00. The predicted molar refractivity (Wildman–Crippen MR) is 75.7 cm³/mol. The Morgan fingerprint density at radius 3 is 3.00 bits per heavy atom. The van der Waals surface area contributed by atoms with Gasteiger partial charge >= 0.3 is 0 Å². The van der Waals surface area contributed by atoms with Crippen molar-refractivity contribution in [1.82, 2.24) is 4.90 Å².